The third-order valence-electron chi connectivity index (χ3n) is 3.50. The molecule has 1 aliphatic carbocycles. The molecule has 0 unspecified atom stereocenters. The van der Waals surface area contributed by atoms with E-state index < -0.39 is 0 Å². The van der Waals surface area contributed by atoms with Crippen molar-refractivity contribution < 1.29 is 13.9 Å². The fourth-order valence-corrected chi connectivity index (χ4v) is 2.09. The van der Waals surface area contributed by atoms with Crippen molar-refractivity contribution in [1.29, 1.82) is 0 Å². The van der Waals surface area contributed by atoms with Crippen molar-refractivity contribution in [3.63, 3.8) is 0 Å². The Bertz CT molecular complexity index is 626. The van der Waals surface area contributed by atoms with Gasteiger partial charge in [-0.2, -0.15) is 0 Å². The van der Waals surface area contributed by atoms with Gasteiger partial charge in [0.1, 0.15) is 5.52 Å². The van der Waals surface area contributed by atoms with Crippen molar-refractivity contribution >= 4 is 23.1 Å². The predicted octanol–water partition coefficient (Wildman–Crippen LogP) is 2.77. The minimum Gasteiger partial charge on any atom is -0.437 e. The Balaban J connectivity index is 1.36. The van der Waals surface area contributed by atoms with Crippen LogP contribution in [0.3, 0.4) is 0 Å². The first-order valence-corrected chi connectivity index (χ1v) is 7.70. The molecule has 1 aliphatic rings. The lowest BCUT2D eigenvalue weighted by atomic mass is 10.3. The van der Waals surface area contributed by atoms with Crippen LogP contribution < -0.4 is 5.32 Å². The van der Waals surface area contributed by atoms with E-state index >= 15 is 0 Å². The number of ether oxygens (including phenoxy) is 1. The van der Waals surface area contributed by atoms with Crippen LogP contribution in [0.4, 0.5) is 0 Å². The van der Waals surface area contributed by atoms with Gasteiger partial charge in [-0.05, 0) is 37.3 Å². The van der Waals surface area contributed by atoms with E-state index in [4.69, 9.17) is 9.15 Å². The Morgan fingerprint density at radius 2 is 2.27 bits per heavy atom. The number of hydrogen-bond acceptors (Lipinski definition) is 4. The van der Waals surface area contributed by atoms with Crippen molar-refractivity contribution in [3.05, 3.63) is 36.2 Å². The number of nitrogens with one attached hydrogen (secondary N) is 1. The molecule has 1 fully saturated rings. The molecule has 2 aromatic rings. The third-order valence-corrected chi connectivity index (χ3v) is 3.50. The maximum absolute atomic E-state index is 11.7. The van der Waals surface area contributed by atoms with Crippen LogP contribution in [0.2, 0.25) is 0 Å². The maximum atomic E-state index is 11.7. The number of carbonyl (C=O) groups is 1. The van der Waals surface area contributed by atoms with Gasteiger partial charge < -0.3 is 14.5 Å². The molecular weight excluding hydrogens is 280 g/mol. The molecule has 116 valence electrons. The number of oxazole rings is 1. The van der Waals surface area contributed by atoms with Gasteiger partial charge in [-0.1, -0.05) is 12.1 Å². The van der Waals surface area contributed by atoms with E-state index in [9.17, 15) is 4.79 Å². The number of nitrogens with zero attached hydrogens (tertiary/aromatic N) is 1. The minimum atomic E-state index is -0.149. The van der Waals surface area contributed by atoms with Gasteiger partial charge in [0.15, 0.2) is 5.58 Å². The summed E-state index contributed by atoms with van der Waals surface area (Å²) in [5.74, 6) is 1.07. The van der Waals surface area contributed by atoms with E-state index in [1.54, 1.807) is 6.08 Å². The SMILES string of the molecule is O=C(/C=C/c1nc2ccccc2o1)NCCCOCC1CC1. The van der Waals surface area contributed by atoms with E-state index in [0.717, 1.165) is 30.0 Å². The van der Waals surface area contributed by atoms with Crippen molar-refractivity contribution in [3.8, 4) is 0 Å². The first-order chi connectivity index (χ1) is 10.8. The highest BCUT2D eigenvalue weighted by Crippen LogP contribution is 2.28. The summed E-state index contributed by atoms with van der Waals surface area (Å²) in [7, 11) is 0. The second kappa shape index (κ2) is 7.22. The zero-order valence-electron chi connectivity index (χ0n) is 12.5. The molecule has 1 saturated carbocycles. The maximum Gasteiger partial charge on any atom is 0.244 e. The molecule has 0 aliphatic heterocycles. The molecule has 0 spiro atoms. The Labute approximate surface area is 129 Å². The molecule has 3 rings (SSSR count). The lowest BCUT2D eigenvalue weighted by Crippen LogP contribution is -2.23. The zero-order valence-corrected chi connectivity index (χ0v) is 12.5. The van der Waals surface area contributed by atoms with E-state index in [2.05, 4.69) is 10.3 Å². The number of para-hydroxylation sites is 2. The van der Waals surface area contributed by atoms with Crippen LogP contribution in [0, 0.1) is 5.92 Å². The van der Waals surface area contributed by atoms with Crippen molar-refractivity contribution in [2.24, 2.45) is 5.92 Å². The molecule has 5 nitrogen and oxygen atoms in total. The predicted molar refractivity (Wildman–Crippen MR) is 84.2 cm³/mol. The zero-order chi connectivity index (χ0) is 15.2. The normalized spacial score (nSPS) is 14.7. The van der Waals surface area contributed by atoms with Crippen LogP contribution in [0.15, 0.2) is 34.8 Å². The van der Waals surface area contributed by atoms with Crippen LogP contribution in [-0.2, 0) is 9.53 Å². The molecule has 1 amide bonds. The highest BCUT2D eigenvalue weighted by molar-refractivity contribution is 5.91. The molecule has 0 bridgehead atoms. The number of carbonyl (C=O) groups excluding carboxylic acids is 1. The van der Waals surface area contributed by atoms with Gasteiger partial charge in [0.2, 0.25) is 11.8 Å². The lowest BCUT2D eigenvalue weighted by molar-refractivity contribution is -0.116. The van der Waals surface area contributed by atoms with Gasteiger partial charge in [-0.25, -0.2) is 4.98 Å². The number of benzene rings is 1. The van der Waals surface area contributed by atoms with Crippen molar-refractivity contribution in [1.82, 2.24) is 10.3 Å². The third kappa shape index (κ3) is 4.43. The molecule has 1 aromatic carbocycles. The first-order valence-electron chi connectivity index (χ1n) is 7.70. The van der Waals surface area contributed by atoms with E-state index in [-0.39, 0.29) is 5.91 Å². The Kier molecular flexibility index (Phi) is 4.85. The summed E-state index contributed by atoms with van der Waals surface area (Å²) in [6, 6.07) is 7.51. The quantitative estimate of drug-likeness (QED) is 0.601. The number of amides is 1. The second-order valence-corrected chi connectivity index (χ2v) is 5.52. The van der Waals surface area contributed by atoms with Crippen LogP contribution in [0.5, 0.6) is 0 Å². The summed E-state index contributed by atoms with van der Waals surface area (Å²) in [6.07, 6.45) is 6.46. The number of fused-ring (bicyclic) bond motifs is 1. The van der Waals surface area contributed by atoms with Gasteiger partial charge in [-0.3, -0.25) is 4.79 Å². The minimum absolute atomic E-state index is 0.149. The molecule has 1 N–H and O–H groups in total. The van der Waals surface area contributed by atoms with Crippen LogP contribution >= 0.6 is 0 Å². The molecule has 0 radical (unpaired) electrons. The molecule has 22 heavy (non-hydrogen) atoms. The number of rotatable bonds is 8. The summed E-state index contributed by atoms with van der Waals surface area (Å²) >= 11 is 0. The number of hydrogen-bond donors (Lipinski definition) is 1. The van der Waals surface area contributed by atoms with Gasteiger partial charge in [0.25, 0.3) is 0 Å². The summed E-state index contributed by atoms with van der Waals surface area (Å²) in [5.41, 5.74) is 1.51. The average Bonchev–Trinajstić information content (AvgIpc) is 3.25. The first kappa shape index (κ1) is 14.8. The standard InChI is InChI=1S/C17H20N2O3/c20-16(18-10-3-11-21-12-13-6-7-13)8-9-17-19-14-4-1-2-5-15(14)22-17/h1-2,4-5,8-9,13H,3,6-7,10-12H2,(H,18,20)/b9-8+. The topological polar surface area (TPSA) is 64.4 Å². The molecule has 0 saturated heterocycles. The summed E-state index contributed by atoms with van der Waals surface area (Å²) < 4.78 is 11.0. The fraction of sp³-hybridized carbons (Fsp3) is 0.412. The summed E-state index contributed by atoms with van der Waals surface area (Å²) in [4.78, 5) is 15.9. The van der Waals surface area contributed by atoms with Gasteiger partial charge >= 0.3 is 0 Å². The van der Waals surface area contributed by atoms with Crippen LogP contribution in [-0.4, -0.2) is 30.6 Å². The Hall–Kier alpha value is -2.14. The van der Waals surface area contributed by atoms with Crippen LogP contribution in [0.1, 0.15) is 25.2 Å². The van der Waals surface area contributed by atoms with Crippen molar-refractivity contribution in [2.45, 2.75) is 19.3 Å². The Morgan fingerprint density at radius 1 is 1.41 bits per heavy atom. The molecule has 5 heteroatoms. The smallest absolute Gasteiger partial charge is 0.244 e. The van der Waals surface area contributed by atoms with Gasteiger partial charge in [0.05, 0.1) is 0 Å². The largest absolute Gasteiger partial charge is 0.437 e. The van der Waals surface area contributed by atoms with E-state index in [1.807, 2.05) is 24.3 Å². The van der Waals surface area contributed by atoms with Crippen LogP contribution in [0.25, 0.3) is 17.2 Å². The summed E-state index contributed by atoms with van der Waals surface area (Å²) in [6.45, 7) is 2.18. The highest BCUT2D eigenvalue weighted by Gasteiger charge is 2.20. The Morgan fingerprint density at radius 3 is 3.09 bits per heavy atom. The lowest BCUT2D eigenvalue weighted by Gasteiger charge is -2.03. The monoisotopic (exact) mass is 300 g/mol. The summed E-state index contributed by atoms with van der Waals surface area (Å²) in [5, 5.41) is 2.82. The van der Waals surface area contributed by atoms with Gasteiger partial charge in [-0.15, -0.1) is 0 Å². The molecule has 0 atom stereocenters. The van der Waals surface area contributed by atoms with Gasteiger partial charge in [0, 0.05) is 31.9 Å². The molecule has 1 aromatic heterocycles. The number of aromatic nitrogens is 1. The van der Waals surface area contributed by atoms with E-state index in [1.165, 1.54) is 18.9 Å². The fourth-order valence-electron chi connectivity index (χ4n) is 2.09. The highest BCUT2D eigenvalue weighted by atomic mass is 16.5. The van der Waals surface area contributed by atoms with Crippen molar-refractivity contribution in [2.75, 3.05) is 19.8 Å². The van der Waals surface area contributed by atoms with E-state index in [0.29, 0.717) is 19.0 Å². The molecular formula is C17H20N2O3. The second-order valence-electron chi connectivity index (χ2n) is 5.52. The average molecular weight is 300 g/mol. The molecule has 1 heterocycles.